The van der Waals surface area contributed by atoms with Crippen molar-refractivity contribution in [2.75, 3.05) is 17.7 Å². The predicted molar refractivity (Wildman–Crippen MR) is 89.3 cm³/mol. The number of halogens is 1. The lowest BCUT2D eigenvalue weighted by atomic mass is 10.2. The van der Waals surface area contributed by atoms with Crippen LogP contribution in [0, 0.1) is 6.92 Å². The third-order valence-corrected chi connectivity index (χ3v) is 3.47. The number of rotatable bonds is 3. The van der Waals surface area contributed by atoms with E-state index < -0.39 is 5.97 Å². The molecule has 0 aliphatic heterocycles. The molecule has 2 rings (SSSR count). The maximum atomic E-state index is 12.0. The molecule has 0 radical (unpaired) electrons. The Morgan fingerprint density at radius 1 is 1.09 bits per heavy atom. The summed E-state index contributed by atoms with van der Waals surface area (Å²) in [6.07, 6.45) is 0. The van der Waals surface area contributed by atoms with Crippen LogP contribution in [0.3, 0.4) is 0 Å². The molecule has 2 amide bonds. The lowest BCUT2D eigenvalue weighted by Gasteiger charge is -2.10. The number of aryl methyl sites for hydroxylation is 1. The third kappa shape index (κ3) is 4.08. The van der Waals surface area contributed by atoms with E-state index in [1.807, 2.05) is 25.1 Å². The van der Waals surface area contributed by atoms with Crippen molar-refractivity contribution in [3.8, 4) is 0 Å². The number of benzene rings is 2. The van der Waals surface area contributed by atoms with E-state index in [2.05, 4.69) is 31.3 Å². The summed E-state index contributed by atoms with van der Waals surface area (Å²) in [5, 5.41) is 5.44. The van der Waals surface area contributed by atoms with E-state index in [4.69, 9.17) is 0 Å². The quantitative estimate of drug-likeness (QED) is 0.804. The van der Waals surface area contributed by atoms with Crippen LogP contribution in [0.4, 0.5) is 16.2 Å². The Kier molecular flexibility index (Phi) is 5.16. The Labute approximate surface area is 136 Å². The van der Waals surface area contributed by atoms with Crippen molar-refractivity contribution in [3.05, 3.63) is 58.1 Å². The lowest BCUT2D eigenvalue weighted by Crippen LogP contribution is -2.20. The van der Waals surface area contributed by atoms with Crippen LogP contribution in [0.2, 0.25) is 0 Å². The number of hydrogen-bond acceptors (Lipinski definition) is 3. The second-order valence-corrected chi connectivity index (χ2v) is 5.53. The maximum Gasteiger partial charge on any atom is 0.337 e. The molecular formula is C16H15BrN2O3. The Balaban J connectivity index is 2.07. The van der Waals surface area contributed by atoms with E-state index >= 15 is 0 Å². The summed E-state index contributed by atoms with van der Waals surface area (Å²) in [6.45, 7) is 1.90. The zero-order valence-electron chi connectivity index (χ0n) is 12.1. The van der Waals surface area contributed by atoms with Gasteiger partial charge < -0.3 is 15.4 Å². The molecule has 0 saturated heterocycles. The van der Waals surface area contributed by atoms with Crippen LogP contribution >= 0.6 is 15.9 Å². The normalized spacial score (nSPS) is 9.95. The van der Waals surface area contributed by atoms with Gasteiger partial charge in [-0.3, -0.25) is 0 Å². The zero-order valence-corrected chi connectivity index (χ0v) is 13.7. The molecule has 6 heteroatoms. The molecule has 0 aromatic heterocycles. The Morgan fingerprint density at radius 3 is 2.55 bits per heavy atom. The number of amides is 2. The molecule has 0 heterocycles. The number of nitrogens with one attached hydrogen (secondary N) is 2. The highest BCUT2D eigenvalue weighted by atomic mass is 79.9. The highest BCUT2D eigenvalue weighted by Crippen LogP contribution is 2.20. The minimum Gasteiger partial charge on any atom is -0.465 e. The summed E-state index contributed by atoms with van der Waals surface area (Å²) in [5.74, 6) is -0.451. The number of methoxy groups -OCH3 is 1. The number of hydrogen-bond donors (Lipinski definition) is 2. The fraction of sp³-hybridized carbons (Fsp3) is 0.125. The topological polar surface area (TPSA) is 67.4 Å². The molecule has 0 saturated carbocycles. The molecule has 0 unspecified atom stereocenters. The van der Waals surface area contributed by atoms with Gasteiger partial charge in [0, 0.05) is 15.8 Å². The minimum absolute atomic E-state index is 0.375. The van der Waals surface area contributed by atoms with Crippen molar-refractivity contribution in [1.82, 2.24) is 0 Å². The first kappa shape index (κ1) is 16.0. The van der Waals surface area contributed by atoms with Crippen molar-refractivity contribution < 1.29 is 14.3 Å². The molecule has 0 fully saturated rings. The molecule has 5 nitrogen and oxygen atoms in total. The molecule has 2 aromatic carbocycles. The van der Waals surface area contributed by atoms with Crippen LogP contribution in [0.25, 0.3) is 0 Å². The van der Waals surface area contributed by atoms with Gasteiger partial charge in [0.2, 0.25) is 0 Å². The van der Waals surface area contributed by atoms with Gasteiger partial charge in [0.05, 0.1) is 12.7 Å². The third-order valence-electron chi connectivity index (χ3n) is 2.98. The lowest BCUT2D eigenvalue weighted by molar-refractivity contribution is 0.0600. The number of ether oxygens (including phenoxy) is 1. The standard InChI is InChI=1S/C16H15BrN2O3/c1-10-8-12(17)6-7-14(10)19-16(21)18-13-5-3-4-11(9-13)15(20)22-2/h3-9H,1-2H3,(H2,18,19,21). The van der Waals surface area contributed by atoms with Gasteiger partial charge in [-0.25, -0.2) is 9.59 Å². The first-order valence-corrected chi connectivity index (χ1v) is 7.31. The van der Waals surface area contributed by atoms with Crippen molar-refractivity contribution >= 4 is 39.3 Å². The SMILES string of the molecule is COC(=O)c1cccc(NC(=O)Nc2ccc(Br)cc2C)c1. The molecule has 2 aromatic rings. The summed E-state index contributed by atoms with van der Waals surface area (Å²) in [7, 11) is 1.31. The van der Waals surface area contributed by atoms with Gasteiger partial charge in [0.15, 0.2) is 0 Å². The van der Waals surface area contributed by atoms with Crippen LogP contribution in [-0.2, 0) is 4.74 Å². The fourth-order valence-corrected chi connectivity index (χ4v) is 2.37. The molecule has 0 spiro atoms. The van der Waals surface area contributed by atoms with Crippen molar-refractivity contribution in [2.24, 2.45) is 0 Å². The molecule has 0 aliphatic carbocycles. The highest BCUT2D eigenvalue weighted by Gasteiger charge is 2.08. The van der Waals surface area contributed by atoms with E-state index in [9.17, 15) is 9.59 Å². The van der Waals surface area contributed by atoms with Crippen LogP contribution in [0.15, 0.2) is 46.9 Å². The summed E-state index contributed by atoms with van der Waals surface area (Å²) < 4.78 is 5.59. The number of anilines is 2. The number of carbonyl (C=O) groups excluding carboxylic acids is 2. The smallest absolute Gasteiger partial charge is 0.337 e. The van der Waals surface area contributed by atoms with Gasteiger partial charge in [-0.2, -0.15) is 0 Å². The Hall–Kier alpha value is -2.34. The summed E-state index contributed by atoms with van der Waals surface area (Å²) in [4.78, 5) is 23.5. The van der Waals surface area contributed by atoms with Gasteiger partial charge in [-0.1, -0.05) is 22.0 Å². The van der Waals surface area contributed by atoms with E-state index in [-0.39, 0.29) is 6.03 Å². The number of esters is 1. The number of carbonyl (C=O) groups is 2. The zero-order chi connectivity index (χ0) is 16.1. The summed E-state index contributed by atoms with van der Waals surface area (Å²) in [6, 6.07) is 11.7. The van der Waals surface area contributed by atoms with Crippen molar-refractivity contribution in [1.29, 1.82) is 0 Å². The summed E-state index contributed by atoms with van der Waals surface area (Å²) in [5.41, 5.74) is 2.54. The van der Waals surface area contributed by atoms with E-state index in [1.54, 1.807) is 24.3 Å². The van der Waals surface area contributed by atoms with E-state index in [0.29, 0.717) is 16.9 Å². The van der Waals surface area contributed by atoms with Gasteiger partial charge >= 0.3 is 12.0 Å². The molecule has 0 aliphatic rings. The highest BCUT2D eigenvalue weighted by molar-refractivity contribution is 9.10. The van der Waals surface area contributed by atoms with Crippen LogP contribution < -0.4 is 10.6 Å². The molecule has 0 bridgehead atoms. The van der Waals surface area contributed by atoms with E-state index in [1.165, 1.54) is 7.11 Å². The maximum absolute atomic E-state index is 12.0. The molecule has 114 valence electrons. The Morgan fingerprint density at radius 2 is 1.86 bits per heavy atom. The minimum atomic E-state index is -0.451. The van der Waals surface area contributed by atoms with Gasteiger partial charge in [-0.15, -0.1) is 0 Å². The van der Waals surface area contributed by atoms with Crippen LogP contribution in [-0.4, -0.2) is 19.1 Å². The fourth-order valence-electron chi connectivity index (χ4n) is 1.89. The van der Waals surface area contributed by atoms with E-state index in [0.717, 1.165) is 10.0 Å². The Bertz CT molecular complexity index is 716. The predicted octanol–water partition coefficient (Wildman–Crippen LogP) is 4.19. The van der Waals surface area contributed by atoms with Gasteiger partial charge in [0.1, 0.15) is 0 Å². The first-order chi connectivity index (χ1) is 10.5. The first-order valence-electron chi connectivity index (χ1n) is 6.52. The van der Waals surface area contributed by atoms with Crippen molar-refractivity contribution in [3.63, 3.8) is 0 Å². The monoisotopic (exact) mass is 362 g/mol. The average Bonchev–Trinajstić information content (AvgIpc) is 2.49. The largest absolute Gasteiger partial charge is 0.465 e. The molecular weight excluding hydrogens is 348 g/mol. The number of urea groups is 1. The molecule has 2 N–H and O–H groups in total. The second kappa shape index (κ2) is 7.09. The van der Waals surface area contributed by atoms with Crippen molar-refractivity contribution in [2.45, 2.75) is 6.92 Å². The second-order valence-electron chi connectivity index (χ2n) is 4.61. The van der Waals surface area contributed by atoms with Gasteiger partial charge in [0.25, 0.3) is 0 Å². The average molecular weight is 363 g/mol. The van der Waals surface area contributed by atoms with Crippen LogP contribution in [0.1, 0.15) is 15.9 Å². The summed E-state index contributed by atoms with van der Waals surface area (Å²) >= 11 is 3.37. The molecule has 0 atom stereocenters. The van der Waals surface area contributed by atoms with Crippen LogP contribution in [0.5, 0.6) is 0 Å². The molecule has 22 heavy (non-hydrogen) atoms. The van der Waals surface area contributed by atoms with Gasteiger partial charge in [-0.05, 0) is 48.9 Å².